The molecule has 0 bridgehead atoms. The Hall–Kier alpha value is -2.13. The molecule has 0 aliphatic carbocycles. The molecule has 3 heteroatoms. The standard InChI is InChI=1S/C17H19NO2/c1-17(2,14-9-4-3-5-10-14)16(20)18-15-11-7-6-8-13(15)12-19/h3-11,19H,12H2,1-2H3,(H,18,20). The monoisotopic (exact) mass is 269 g/mol. The first-order valence-corrected chi connectivity index (χ1v) is 6.61. The highest BCUT2D eigenvalue weighted by Crippen LogP contribution is 2.25. The Morgan fingerprint density at radius 3 is 2.30 bits per heavy atom. The first kappa shape index (κ1) is 14.3. The molecule has 0 aliphatic heterocycles. The van der Waals surface area contributed by atoms with Crippen molar-refractivity contribution in [1.82, 2.24) is 0 Å². The quantitative estimate of drug-likeness (QED) is 0.896. The maximum Gasteiger partial charge on any atom is 0.234 e. The second-order valence-corrected chi connectivity index (χ2v) is 5.26. The molecule has 1 amide bonds. The van der Waals surface area contributed by atoms with Gasteiger partial charge >= 0.3 is 0 Å². The first-order chi connectivity index (χ1) is 9.55. The summed E-state index contributed by atoms with van der Waals surface area (Å²) < 4.78 is 0. The van der Waals surface area contributed by atoms with E-state index in [9.17, 15) is 9.90 Å². The van der Waals surface area contributed by atoms with Gasteiger partial charge < -0.3 is 10.4 Å². The van der Waals surface area contributed by atoms with Crippen LogP contribution in [-0.2, 0) is 16.8 Å². The molecule has 0 heterocycles. The third kappa shape index (κ3) is 2.89. The third-order valence-corrected chi connectivity index (χ3v) is 3.50. The SMILES string of the molecule is CC(C)(C(=O)Nc1ccccc1CO)c1ccccc1. The van der Waals surface area contributed by atoms with Crippen LogP contribution in [0.5, 0.6) is 0 Å². The lowest BCUT2D eigenvalue weighted by Gasteiger charge is -2.24. The van der Waals surface area contributed by atoms with Crippen LogP contribution >= 0.6 is 0 Å². The molecule has 20 heavy (non-hydrogen) atoms. The van der Waals surface area contributed by atoms with Crippen molar-refractivity contribution in [3.8, 4) is 0 Å². The highest BCUT2D eigenvalue weighted by molar-refractivity contribution is 5.99. The fourth-order valence-electron chi connectivity index (χ4n) is 2.04. The zero-order valence-corrected chi connectivity index (χ0v) is 11.8. The van der Waals surface area contributed by atoms with Crippen molar-refractivity contribution in [2.24, 2.45) is 0 Å². The van der Waals surface area contributed by atoms with Crippen LogP contribution in [0.4, 0.5) is 5.69 Å². The van der Waals surface area contributed by atoms with E-state index < -0.39 is 5.41 Å². The molecule has 0 radical (unpaired) electrons. The Bertz CT molecular complexity index is 591. The molecule has 0 spiro atoms. The van der Waals surface area contributed by atoms with Gasteiger partial charge in [-0.05, 0) is 25.5 Å². The Morgan fingerprint density at radius 2 is 1.65 bits per heavy atom. The molecule has 2 N–H and O–H groups in total. The number of rotatable bonds is 4. The molecule has 2 aromatic rings. The van der Waals surface area contributed by atoms with Crippen molar-refractivity contribution in [3.05, 3.63) is 65.7 Å². The van der Waals surface area contributed by atoms with E-state index in [0.717, 1.165) is 5.56 Å². The van der Waals surface area contributed by atoms with E-state index in [2.05, 4.69) is 5.32 Å². The van der Waals surface area contributed by atoms with E-state index in [4.69, 9.17) is 0 Å². The lowest BCUT2D eigenvalue weighted by molar-refractivity contribution is -0.120. The smallest absolute Gasteiger partial charge is 0.234 e. The predicted molar refractivity (Wildman–Crippen MR) is 80.5 cm³/mol. The number of nitrogens with one attached hydrogen (secondary N) is 1. The van der Waals surface area contributed by atoms with Crippen LogP contribution in [0.25, 0.3) is 0 Å². The number of anilines is 1. The summed E-state index contributed by atoms with van der Waals surface area (Å²) in [5.74, 6) is -0.0930. The summed E-state index contributed by atoms with van der Waals surface area (Å²) in [5, 5.41) is 12.2. The Balaban J connectivity index is 2.24. The van der Waals surface area contributed by atoms with E-state index in [1.165, 1.54) is 0 Å². The highest BCUT2D eigenvalue weighted by Gasteiger charge is 2.29. The first-order valence-electron chi connectivity index (χ1n) is 6.61. The fourth-order valence-corrected chi connectivity index (χ4v) is 2.04. The lowest BCUT2D eigenvalue weighted by atomic mass is 9.83. The normalized spacial score (nSPS) is 11.2. The number of hydrogen-bond acceptors (Lipinski definition) is 2. The molecule has 0 saturated carbocycles. The summed E-state index contributed by atoms with van der Waals surface area (Å²) in [4.78, 5) is 12.5. The van der Waals surface area contributed by atoms with Crippen molar-refractivity contribution in [3.63, 3.8) is 0 Å². The minimum atomic E-state index is -0.635. The number of carbonyl (C=O) groups excluding carboxylic acids is 1. The maximum atomic E-state index is 12.5. The van der Waals surface area contributed by atoms with Gasteiger partial charge in [0, 0.05) is 11.3 Å². The molecule has 0 fully saturated rings. The molecule has 0 unspecified atom stereocenters. The van der Waals surface area contributed by atoms with Gasteiger partial charge in [0.15, 0.2) is 0 Å². The van der Waals surface area contributed by atoms with Crippen LogP contribution in [0.3, 0.4) is 0 Å². The number of hydrogen-bond donors (Lipinski definition) is 2. The fraction of sp³-hybridized carbons (Fsp3) is 0.235. The predicted octanol–water partition coefficient (Wildman–Crippen LogP) is 3.10. The van der Waals surface area contributed by atoms with Crippen LogP contribution in [0.15, 0.2) is 54.6 Å². The van der Waals surface area contributed by atoms with E-state index in [1.807, 2.05) is 56.3 Å². The van der Waals surface area contributed by atoms with Crippen LogP contribution in [-0.4, -0.2) is 11.0 Å². The summed E-state index contributed by atoms with van der Waals surface area (Å²) >= 11 is 0. The average molecular weight is 269 g/mol. The Morgan fingerprint density at radius 1 is 1.05 bits per heavy atom. The topological polar surface area (TPSA) is 49.3 Å². The van der Waals surface area contributed by atoms with Gasteiger partial charge in [-0.2, -0.15) is 0 Å². The number of benzene rings is 2. The van der Waals surface area contributed by atoms with E-state index in [0.29, 0.717) is 11.3 Å². The molecule has 104 valence electrons. The molecule has 2 rings (SSSR count). The Labute approximate surface area is 119 Å². The van der Waals surface area contributed by atoms with Crippen molar-refractivity contribution in [1.29, 1.82) is 0 Å². The minimum absolute atomic E-state index is 0.0930. The van der Waals surface area contributed by atoms with E-state index in [-0.39, 0.29) is 12.5 Å². The lowest BCUT2D eigenvalue weighted by Crippen LogP contribution is -2.35. The molecule has 0 saturated heterocycles. The van der Waals surface area contributed by atoms with Crippen molar-refractivity contribution in [2.45, 2.75) is 25.9 Å². The van der Waals surface area contributed by atoms with Gasteiger partial charge in [0.25, 0.3) is 0 Å². The van der Waals surface area contributed by atoms with Gasteiger partial charge in [0.2, 0.25) is 5.91 Å². The summed E-state index contributed by atoms with van der Waals surface area (Å²) in [5.41, 5.74) is 1.69. The van der Waals surface area contributed by atoms with Gasteiger partial charge in [-0.3, -0.25) is 4.79 Å². The summed E-state index contributed by atoms with van der Waals surface area (Å²) in [6.07, 6.45) is 0. The van der Waals surface area contributed by atoms with Crippen molar-refractivity contribution in [2.75, 3.05) is 5.32 Å². The summed E-state index contributed by atoms with van der Waals surface area (Å²) in [6, 6.07) is 16.9. The highest BCUT2D eigenvalue weighted by atomic mass is 16.3. The van der Waals surface area contributed by atoms with Crippen LogP contribution < -0.4 is 5.32 Å². The number of para-hydroxylation sites is 1. The number of aliphatic hydroxyl groups excluding tert-OH is 1. The van der Waals surface area contributed by atoms with Crippen LogP contribution in [0, 0.1) is 0 Å². The van der Waals surface area contributed by atoms with Crippen molar-refractivity contribution >= 4 is 11.6 Å². The maximum absolute atomic E-state index is 12.5. The van der Waals surface area contributed by atoms with Crippen molar-refractivity contribution < 1.29 is 9.90 Å². The van der Waals surface area contributed by atoms with Gasteiger partial charge in [0.1, 0.15) is 0 Å². The largest absolute Gasteiger partial charge is 0.392 e. The van der Waals surface area contributed by atoms with Gasteiger partial charge in [-0.15, -0.1) is 0 Å². The number of amides is 1. The number of carbonyl (C=O) groups is 1. The van der Waals surface area contributed by atoms with Gasteiger partial charge in [0.05, 0.1) is 12.0 Å². The average Bonchev–Trinajstić information content (AvgIpc) is 2.48. The molecular weight excluding hydrogens is 250 g/mol. The van der Waals surface area contributed by atoms with Crippen LogP contribution in [0.2, 0.25) is 0 Å². The molecular formula is C17H19NO2. The minimum Gasteiger partial charge on any atom is -0.392 e. The zero-order valence-electron chi connectivity index (χ0n) is 11.8. The van der Waals surface area contributed by atoms with E-state index in [1.54, 1.807) is 12.1 Å². The van der Waals surface area contributed by atoms with Gasteiger partial charge in [-0.25, -0.2) is 0 Å². The van der Waals surface area contributed by atoms with E-state index >= 15 is 0 Å². The molecule has 3 nitrogen and oxygen atoms in total. The summed E-state index contributed by atoms with van der Waals surface area (Å²) in [6.45, 7) is 3.68. The molecule has 0 atom stereocenters. The second-order valence-electron chi connectivity index (χ2n) is 5.26. The van der Waals surface area contributed by atoms with Gasteiger partial charge in [-0.1, -0.05) is 48.5 Å². The Kier molecular flexibility index (Phi) is 4.20. The molecule has 2 aromatic carbocycles. The molecule has 0 aromatic heterocycles. The third-order valence-electron chi connectivity index (χ3n) is 3.50. The summed E-state index contributed by atoms with van der Waals surface area (Å²) in [7, 11) is 0. The molecule has 0 aliphatic rings. The second kappa shape index (κ2) is 5.88. The van der Waals surface area contributed by atoms with Crippen LogP contribution in [0.1, 0.15) is 25.0 Å². The number of aliphatic hydroxyl groups is 1. The zero-order chi connectivity index (χ0) is 14.6.